The van der Waals surface area contributed by atoms with E-state index < -0.39 is 21.9 Å². The van der Waals surface area contributed by atoms with Crippen LogP contribution in [-0.4, -0.2) is 63.2 Å². The Morgan fingerprint density at radius 3 is 2.30 bits per heavy atom. The van der Waals surface area contributed by atoms with Crippen molar-refractivity contribution in [3.8, 4) is 11.5 Å². The van der Waals surface area contributed by atoms with E-state index in [4.69, 9.17) is 9.47 Å². The molecule has 0 saturated heterocycles. The average molecular weight is 536 g/mol. The molecule has 1 heterocycles. The summed E-state index contributed by atoms with van der Waals surface area (Å²) in [6.45, 7) is 6.26. The summed E-state index contributed by atoms with van der Waals surface area (Å²) in [5, 5.41) is 2.81. The minimum absolute atomic E-state index is 0.0110. The van der Waals surface area contributed by atoms with Gasteiger partial charge in [0.2, 0.25) is 21.8 Å². The van der Waals surface area contributed by atoms with Crippen LogP contribution in [0.2, 0.25) is 0 Å². The van der Waals surface area contributed by atoms with Crippen LogP contribution in [0.15, 0.2) is 42.5 Å². The van der Waals surface area contributed by atoms with E-state index in [1.807, 2.05) is 13.8 Å². The molecule has 3 rings (SSSR count). The number of nitrogens with zero attached hydrogens (tertiary/aromatic N) is 2. The van der Waals surface area contributed by atoms with Gasteiger partial charge in [-0.2, -0.15) is 0 Å². The SMILES string of the molecule is CC(C)NC(=O)[C@@H](C)N(Cc1ccc(F)cc1)C(=O)CCCN(c1ccc2c(c1)OCCO2)S(C)(=O)=O. The number of carbonyl (C=O) groups excluding carboxylic acids is 2. The minimum Gasteiger partial charge on any atom is -0.486 e. The van der Waals surface area contributed by atoms with Crippen LogP contribution in [0.1, 0.15) is 39.2 Å². The maximum absolute atomic E-state index is 13.4. The number of anilines is 1. The maximum Gasteiger partial charge on any atom is 0.242 e. The second-order valence-electron chi connectivity index (χ2n) is 9.25. The third kappa shape index (κ3) is 7.82. The van der Waals surface area contributed by atoms with Crippen LogP contribution in [0.3, 0.4) is 0 Å². The summed E-state index contributed by atoms with van der Waals surface area (Å²) < 4.78 is 50.8. The summed E-state index contributed by atoms with van der Waals surface area (Å²) in [4.78, 5) is 27.4. The van der Waals surface area contributed by atoms with Crippen molar-refractivity contribution in [2.75, 3.05) is 30.3 Å². The Labute approximate surface area is 217 Å². The van der Waals surface area contributed by atoms with Gasteiger partial charge in [-0.15, -0.1) is 0 Å². The molecular formula is C26H34FN3O6S. The van der Waals surface area contributed by atoms with Gasteiger partial charge < -0.3 is 19.7 Å². The minimum atomic E-state index is -3.65. The third-order valence-electron chi connectivity index (χ3n) is 5.83. The Balaban J connectivity index is 1.73. The second-order valence-corrected chi connectivity index (χ2v) is 11.2. The highest BCUT2D eigenvalue weighted by Crippen LogP contribution is 2.34. The number of hydrogen-bond donors (Lipinski definition) is 1. The van der Waals surface area contributed by atoms with Gasteiger partial charge in [0.25, 0.3) is 0 Å². The molecule has 1 aliphatic heterocycles. The number of sulfonamides is 1. The van der Waals surface area contributed by atoms with E-state index in [0.717, 1.165) is 6.26 Å². The van der Waals surface area contributed by atoms with Gasteiger partial charge in [0.1, 0.15) is 25.1 Å². The summed E-state index contributed by atoms with van der Waals surface area (Å²) in [5.41, 5.74) is 1.08. The fourth-order valence-corrected chi connectivity index (χ4v) is 4.92. The summed E-state index contributed by atoms with van der Waals surface area (Å²) in [6, 6.07) is 9.75. The number of benzene rings is 2. The zero-order valence-corrected chi connectivity index (χ0v) is 22.4. The Morgan fingerprint density at radius 1 is 1.03 bits per heavy atom. The number of hydrogen-bond acceptors (Lipinski definition) is 6. The van der Waals surface area contributed by atoms with E-state index in [-0.39, 0.29) is 43.8 Å². The molecule has 0 saturated carbocycles. The molecule has 2 aromatic rings. The zero-order chi connectivity index (χ0) is 27.2. The van der Waals surface area contributed by atoms with Crippen LogP contribution in [0, 0.1) is 5.82 Å². The highest BCUT2D eigenvalue weighted by Gasteiger charge is 2.27. The van der Waals surface area contributed by atoms with Crippen molar-refractivity contribution < 1.29 is 31.9 Å². The Bertz CT molecular complexity index is 1200. The highest BCUT2D eigenvalue weighted by molar-refractivity contribution is 7.92. The van der Waals surface area contributed by atoms with Crippen LogP contribution in [0.5, 0.6) is 11.5 Å². The molecule has 0 fully saturated rings. The largest absolute Gasteiger partial charge is 0.486 e. The standard InChI is InChI=1S/C26H34FN3O6S/c1-18(2)28-26(32)19(3)29(17-20-7-9-21(27)10-8-20)25(31)6-5-13-30(37(4,33)34)22-11-12-23-24(16-22)36-15-14-35-23/h7-12,16,18-19H,5-6,13-15,17H2,1-4H3,(H,28,32)/t19-/m1/s1. The van der Waals surface area contributed by atoms with Crippen LogP contribution >= 0.6 is 0 Å². The van der Waals surface area contributed by atoms with Crippen molar-refractivity contribution in [3.63, 3.8) is 0 Å². The van der Waals surface area contributed by atoms with E-state index in [9.17, 15) is 22.4 Å². The molecule has 37 heavy (non-hydrogen) atoms. The van der Waals surface area contributed by atoms with Crippen LogP contribution < -0.4 is 19.1 Å². The lowest BCUT2D eigenvalue weighted by Crippen LogP contribution is -2.49. The molecule has 0 radical (unpaired) electrons. The van der Waals surface area contributed by atoms with Crippen molar-refractivity contribution in [2.24, 2.45) is 0 Å². The normalized spacial score (nSPS) is 13.7. The first kappa shape index (κ1) is 28.2. The Morgan fingerprint density at radius 2 is 1.68 bits per heavy atom. The molecule has 0 aromatic heterocycles. The second kappa shape index (κ2) is 12.3. The van der Waals surface area contributed by atoms with Gasteiger partial charge in [0, 0.05) is 31.6 Å². The molecule has 0 aliphatic carbocycles. The number of carbonyl (C=O) groups is 2. The molecule has 9 nitrogen and oxygen atoms in total. The van der Waals surface area contributed by atoms with E-state index in [1.54, 1.807) is 37.3 Å². The van der Waals surface area contributed by atoms with E-state index >= 15 is 0 Å². The molecule has 1 N–H and O–H groups in total. The number of nitrogens with one attached hydrogen (secondary N) is 1. The van der Waals surface area contributed by atoms with E-state index in [1.165, 1.54) is 21.3 Å². The van der Waals surface area contributed by atoms with Crippen molar-refractivity contribution in [3.05, 3.63) is 53.8 Å². The lowest BCUT2D eigenvalue weighted by atomic mass is 10.1. The van der Waals surface area contributed by atoms with Crippen LogP contribution in [0.4, 0.5) is 10.1 Å². The molecule has 0 spiro atoms. The van der Waals surface area contributed by atoms with Gasteiger partial charge in [0.15, 0.2) is 11.5 Å². The van der Waals surface area contributed by atoms with Gasteiger partial charge in [-0.3, -0.25) is 13.9 Å². The predicted octanol–water partition coefficient (Wildman–Crippen LogP) is 3.09. The lowest BCUT2D eigenvalue weighted by Gasteiger charge is -2.30. The number of ether oxygens (including phenoxy) is 2. The monoisotopic (exact) mass is 535 g/mol. The average Bonchev–Trinajstić information content (AvgIpc) is 2.84. The van der Waals surface area contributed by atoms with Crippen LogP contribution in [0.25, 0.3) is 0 Å². The molecule has 1 atom stereocenters. The number of halogens is 1. The predicted molar refractivity (Wildman–Crippen MR) is 139 cm³/mol. The quantitative estimate of drug-likeness (QED) is 0.474. The van der Waals surface area contributed by atoms with Gasteiger partial charge in [0.05, 0.1) is 11.9 Å². The summed E-state index contributed by atoms with van der Waals surface area (Å²) in [7, 11) is -3.65. The lowest BCUT2D eigenvalue weighted by molar-refractivity contribution is -0.140. The van der Waals surface area contributed by atoms with E-state index in [0.29, 0.717) is 36.0 Å². The maximum atomic E-state index is 13.4. The molecule has 0 unspecified atom stereocenters. The van der Waals surface area contributed by atoms with Crippen molar-refractivity contribution >= 4 is 27.5 Å². The first-order valence-corrected chi connectivity index (χ1v) is 14.0. The Hall–Kier alpha value is -3.34. The number of rotatable bonds is 11. The van der Waals surface area contributed by atoms with Crippen LogP contribution in [-0.2, 0) is 26.2 Å². The zero-order valence-electron chi connectivity index (χ0n) is 21.6. The van der Waals surface area contributed by atoms with Crippen molar-refractivity contribution in [1.82, 2.24) is 10.2 Å². The summed E-state index contributed by atoms with van der Waals surface area (Å²) in [6.07, 6.45) is 1.33. The molecule has 2 aromatic carbocycles. The van der Waals surface area contributed by atoms with Gasteiger partial charge in [-0.25, -0.2) is 12.8 Å². The fourth-order valence-electron chi connectivity index (χ4n) is 3.97. The Kier molecular flexibility index (Phi) is 9.36. The summed E-state index contributed by atoms with van der Waals surface area (Å²) in [5.74, 6) is -0.00856. The van der Waals surface area contributed by atoms with Crippen molar-refractivity contribution in [2.45, 2.75) is 52.2 Å². The number of fused-ring (bicyclic) bond motifs is 1. The molecule has 2 amide bonds. The smallest absolute Gasteiger partial charge is 0.242 e. The topological polar surface area (TPSA) is 105 Å². The van der Waals surface area contributed by atoms with Crippen molar-refractivity contribution in [1.29, 1.82) is 0 Å². The van der Waals surface area contributed by atoms with Gasteiger partial charge in [-0.05, 0) is 57.0 Å². The highest BCUT2D eigenvalue weighted by atomic mass is 32.2. The summed E-state index contributed by atoms with van der Waals surface area (Å²) >= 11 is 0. The molecule has 202 valence electrons. The molecule has 11 heteroatoms. The number of amides is 2. The fraction of sp³-hybridized carbons (Fsp3) is 0.462. The van der Waals surface area contributed by atoms with Gasteiger partial charge >= 0.3 is 0 Å². The van der Waals surface area contributed by atoms with E-state index in [2.05, 4.69) is 5.32 Å². The molecule has 1 aliphatic rings. The van der Waals surface area contributed by atoms with Gasteiger partial charge in [-0.1, -0.05) is 12.1 Å². The first-order valence-electron chi connectivity index (χ1n) is 12.2. The molecular weight excluding hydrogens is 501 g/mol. The first-order chi connectivity index (χ1) is 17.5. The molecule has 0 bridgehead atoms. The third-order valence-corrected chi connectivity index (χ3v) is 7.02.